The second-order valence-electron chi connectivity index (χ2n) is 6.59. The van der Waals surface area contributed by atoms with Gasteiger partial charge in [-0.3, -0.25) is 4.79 Å². The normalized spacial score (nSPS) is 13.8. The van der Waals surface area contributed by atoms with Crippen LogP contribution in [0.5, 0.6) is 0 Å². The van der Waals surface area contributed by atoms with Crippen molar-refractivity contribution < 1.29 is 4.79 Å². The van der Waals surface area contributed by atoms with Gasteiger partial charge in [-0.15, -0.1) is 0 Å². The summed E-state index contributed by atoms with van der Waals surface area (Å²) in [6.45, 7) is 7.54. The van der Waals surface area contributed by atoms with Gasteiger partial charge in [0, 0.05) is 36.7 Å². The van der Waals surface area contributed by atoms with Gasteiger partial charge in [0.25, 0.3) is 0 Å². The summed E-state index contributed by atoms with van der Waals surface area (Å²) in [6, 6.07) is 16.4. The number of carbonyl (C=O) groups is 1. The van der Waals surface area contributed by atoms with E-state index in [1.807, 2.05) is 36.4 Å². The van der Waals surface area contributed by atoms with E-state index in [0.29, 0.717) is 6.54 Å². The lowest BCUT2D eigenvalue weighted by Gasteiger charge is -2.23. The number of amides is 1. The fourth-order valence-corrected chi connectivity index (χ4v) is 3.35. The summed E-state index contributed by atoms with van der Waals surface area (Å²) in [5, 5.41) is 3.06. The molecule has 0 unspecified atom stereocenters. The summed E-state index contributed by atoms with van der Waals surface area (Å²) >= 11 is 0. The number of nitrogens with one attached hydrogen (secondary N) is 1. The molecule has 0 radical (unpaired) electrons. The summed E-state index contributed by atoms with van der Waals surface area (Å²) in [5.74, 6) is 0.0164. The van der Waals surface area contributed by atoms with Crippen molar-refractivity contribution in [2.45, 2.75) is 26.7 Å². The Morgan fingerprint density at radius 1 is 1.12 bits per heavy atom. The third-order valence-corrected chi connectivity index (χ3v) is 4.79. The molecular formula is C21H27N3O. The Bertz CT molecular complexity index is 708. The van der Waals surface area contributed by atoms with Crippen LogP contribution in [-0.4, -0.2) is 32.1 Å². The lowest BCUT2D eigenvalue weighted by molar-refractivity contribution is -0.115. The van der Waals surface area contributed by atoms with Crippen LogP contribution < -0.4 is 15.1 Å². The maximum atomic E-state index is 12.5. The SMILES string of the molecule is CCN(CC(=O)Nc1ccc(N2CCCC2)cc1C)c1ccccc1. The number of carbonyl (C=O) groups excluding carboxylic acids is 1. The number of hydrogen-bond donors (Lipinski definition) is 1. The number of benzene rings is 2. The van der Waals surface area contributed by atoms with E-state index >= 15 is 0 Å². The van der Waals surface area contributed by atoms with Crippen LogP contribution in [0.25, 0.3) is 0 Å². The zero-order chi connectivity index (χ0) is 17.6. The minimum absolute atomic E-state index is 0.0164. The first-order chi connectivity index (χ1) is 12.2. The quantitative estimate of drug-likeness (QED) is 0.863. The average molecular weight is 337 g/mol. The van der Waals surface area contributed by atoms with Gasteiger partial charge in [-0.05, 0) is 62.6 Å². The van der Waals surface area contributed by atoms with Gasteiger partial charge in [-0.25, -0.2) is 0 Å². The Kier molecular flexibility index (Phi) is 5.59. The van der Waals surface area contributed by atoms with Gasteiger partial charge < -0.3 is 15.1 Å². The number of aryl methyl sites for hydroxylation is 1. The van der Waals surface area contributed by atoms with Crippen LogP contribution in [0.3, 0.4) is 0 Å². The predicted octanol–water partition coefficient (Wildman–Crippen LogP) is 4.06. The molecule has 0 spiro atoms. The number of nitrogens with zero attached hydrogens (tertiary/aromatic N) is 2. The van der Waals surface area contributed by atoms with Gasteiger partial charge in [0.15, 0.2) is 0 Å². The molecule has 3 rings (SSSR count). The highest BCUT2D eigenvalue weighted by atomic mass is 16.2. The second kappa shape index (κ2) is 8.06. The van der Waals surface area contributed by atoms with Crippen LogP contribution in [0.1, 0.15) is 25.3 Å². The van der Waals surface area contributed by atoms with Gasteiger partial charge in [-0.1, -0.05) is 18.2 Å². The first-order valence-electron chi connectivity index (χ1n) is 9.13. The van der Waals surface area contributed by atoms with Crippen molar-refractivity contribution in [1.29, 1.82) is 0 Å². The number of anilines is 3. The Hall–Kier alpha value is -2.49. The molecule has 2 aromatic carbocycles. The van der Waals surface area contributed by atoms with Gasteiger partial charge in [0.2, 0.25) is 5.91 Å². The third-order valence-electron chi connectivity index (χ3n) is 4.79. The van der Waals surface area contributed by atoms with E-state index in [0.717, 1.165) is 36.6 Å². The van der Waals surface area contributed by atoms with Crippen LogP contribution in [0.4, 0.5) is 17.1 Å². The first-order valence-corrected chi connectivity index (χ1v) is 9.13. The molecule has 4 heteroatoms. The summed E-state index contributed by atoms with van der Waals surface area (Å²) in [6.07, 6.45) is 2.54. The van der Waals surface area contributed by atoms with Gasteiger partial charge in [0.05, 0.1) is 6.54 Å². The smallest absolute Gasteiger partial charge is 0.243 e. The summed E-state index contributed by atoms with van der Waals surface area (Å²) < 4.78 is 0. The van der Waals surface area contributed by atoms with Crippen LogP contribution in [0.2, 0.25) is 0 Å². The maximum absolute atomic E-state index is 12.5. The standard InChI is InChI=1S/C21H27N3O/c1-3-23(18-9-5-4-6-10-18)16-21(25)22-20-12-11-19(15-17(20)2)24-13-7-8-14-24/h4-6,9-12,15H,3,7-8,13-14,16H2,1-2H3,(H,22,25). The second-order valence-corrected chi connectivity index (χ2v) is 6.59. The van der Waals surface area contributed by atoms with E-state index in [2.05, 4.69) is 41.1 Å². The first kappa shape index (κ1) is 17.3. The van der Waals surface area contributed by atoms with Crippen LogP contribution >= 0.6 is 0 Å². The molecule has 4 nitrogen and oxygen atoms in total. The Morgan fingerprint density at radius 3 is 2.48 bits per heavy atom. The van der Waals surface area contributed by atoms with E-state index in [1.54, 1.807) is 0 Å². The fraction of sp³-hybridized carbons (Fsp3) is 0.381. The van der Waals surface area contributed by atoms with Crippen LogP contribution in [-0.2, 0) is 4.79 Å². The molecule has 25 heavy (non-hydrogen) atoms. The molecule has 1 saturated heterocycles. The highest BCUT2D eigenvalue weighted by Crippen LogP contribution is 2.25. The van der Waals surface area contributed by atoms with Crippen molar-refractivity contribution in [1.82, 2.24) is 0 Å². The molecule has 1 aliphatic rings. The molecule has 0 aliphatic carbocycles. The molecular weight excluding hydrogens is 310 g/mol. The average Bonchev–Trinajstić information content (AvgIpc) is 3.17. The minimum Gasteiger partial charge on any atom is -0.372 e. The highest BCUT2D eigenvalue weighted by Gasteiger charge is 2.14. The summed E-state index contributed by atoms with van der Waals surface area (Å²) in [4.78, 5) is 17.0. The van der Waals surface area contributed by atoms with Crippen molar-refractivity contribution >= 4 is 23.0 Å². The molecule has 2 aromatic rings. The number of para-hydroxylation sites is 1. The molecule has 1 fully saturated rings. The Balaban J connectivity index is 1.64. The third kappa shape index (κ3) is 4.32. The van der Waals surface area contributed by atoms with Crippen LogP contribution in [0.15, 0.2) is 48.5 Å². The van der Waals surface area contributed by atoms with E-state index in [9.17, 15) is 4.79 Å². The molecule has 0 bridgehead atoms. The van der Waals surface area contributed by atoms with Crippen molar-refractivity contribution in [3.05, 3.63) is 54.1 Å². The van der Waals surface area contributed by atoms with E-state index in [-0.39, 0.29) is 5.91 Å². The van der Waals surface area contributed by atoms with Crippen molar-refractivity contribution in [3.8, 4) is 0 Å². The lowest BCUT2D eigenvalue weighted by Crippen LogP contribution is -2.33. The predicted molar refractivity (Wildman–Crippen MR) is 106 cm³/mol. The zero-order valence-electron chi connectivity index (χ0n) is 15.2. The monoisotopic (exact) mass is 337 g/mol. The summed E-state index contributed by atoms with van der Waals surface area (Å²) in [7, 11) is 0. The van der Waals surface area contributed by atoms with Gasteiger partial charge in [0.1, 0.15) is 0 Å². The molecule has 1 amide bonds. The Morgan fingerprint density at radius 2 is 1.84 bits per heavy atom. The maximum Gasteiger partial charge on any atom is 0.243 e. The molecule has 0 aromatic heterocycles. The van der Waals surface area contributed by atoms with Gasteiger partial charge in [-0.2, -0.15) is 0 Å². The molecule has 0 atom stereocenters. The van der Waals surface area contributed by atoms with Gasteiger partial charge >= 0.3 is 0 Å². The largest absolute Gasteiger partial charge is 0.372 e. The molecule has 132 valence electrons. The number of likely N-dealkylation sites (N-methyl/N-ethyl adjacent to an activating group) is 1. The van der Waals surface area contributed by atoms with Crippen molar-refractivity contribution in [3.63, 3.8) is 0 Å². The lowest BCUT2D eigenvalue weighted by atomic mass is 10.1. The van der Waals surface area contributed by atoms with E-state index in [1.165, 1.54) is 18.5 Å². The number of rotatable bonds is 6. The van der Waals surface area contributed by atoms with E-state index < -0.39 is 0 Å². The molecule has 1 aliphatic heterocycles. The summed E-state index contributed by atoms with van der Waals surface area (Å²) in [5.41, 5.74) is 4.34. The van der Waals surface area contributed by atoms with E-state index in [4.69, 9.17) is 0 Å². The minimum atomic E-state index is 0.0164. The Labute approximate surface area is 150 Å². The molecule has 0 saturated carbocycles. The molecule has 1 N–H and O–H groups in total. The topological polar surface area (TPSA) is 35.6 Å². The molecule has 1 heterocycles. The fourth-order valence-electron chi connectivity index (χ4n) is 3.35. The highest BCUT2D eigenvalue weighted by molar-refractivity contribution is 5.95. The van der Waals surface area contributed by atoms with Crippen molar-refractivity contribution in [2.75, 3.05) is 41.3 Å². The van der Waals surface area contributed by atoms with Crippen molar-refractivity contribution in [2.24, 2.45) is 0 Å². The number of hydrogen-bond acceptors (Lipinski definition) is 3. The zero-order valence-corrected chi connectivity index (χ0v) is 15.2. The van der Waals surface area contributed by atoms with Crippen LogP contribution in [0, 0.1) is 6.92 Å².